The van der Waals surface area contributed by atoms with Crippen LogP contribution >= 0.6 is 0 Å². The predicted molar refractivity (Wildman–Crippen MR) is 168 cm³/mol. The van der Waals surface area contributed by atoms with Crippen LogP contribution in [-0.2, 0) is 22.6 Å². The maximum Gasteiger partial charge on any atom is 0.251 e. The van der Waals surface area contributed by atoms with Crippen molar-refractivity contribution >= 4 is 5.91 Å². The van der Waals surface area contributed by atoms with Crippen molar-refractivity contribution in [3.8, 4) is 11.1 Å². The molecule has 0 bridgehead atoms. The Labute approximate surface area is 254 Å². The molecule has 2 heterocycles. The van der Waals surface area contributed by atoms with Gasteiger partial charge in [0, 0.05) is 30.6 Å². The van der Waals surface area contributed by atoms with E-state index in [4.69, 9.17) is 9.47 Å². The highest BCUT2D eigenvalue weighted by atomic mass is 16.7. The summed E-state index contributed by atoms with van der Waals surface area (Å²) in [4.78, 5) is 15.0. The van der Waals surface area contributed by atoms with E-state index in [1.165, 1.54) is 19.3 Å². The molecule has 0 saturated carbocycles. The molecule has 1 amide bonds. The average Bonchev–Trinajstić information content (AvgIpc) is 3.08. The van der Waals surface area contributed by atoms with Crippen molar-refractivity contribution in [2.24, 2.45) is 0 Å². The lowest BCUT2D eigenvalue weighted by molar-refractivity contribution is -0.253. The summed E-state index contributed by atoms with van der Waals surface area (Å²) in [6.07, 6.45) is 4.15. The molecule has 222 valence electrons. The number of rotatable bonds is 9. The normalized spacial score (nSPS) is 20.9. The van der Waals surface area contributed by atoms with Gasteiger partial charge in [-0.3, -0.25) is 4.79 Å². The fraction of sp³-hybridized carbons (Fsp3) is 0.324. The van der Waals surface area contributed by atoms with E-state index in [0.29, 0.717) is 12.1 Å². The predicted octanol–water partition coefficient (Wildman–Crippen LogP) is 6.81. The second kappa shape index (κ2) is 14.1. The number of benzene rings is 4. The Morgan fingerprint density at radius 2 is 1.51 bits per heavy atom. The van der Waals surface area contributed by atoms with Crippen LogP contribution in [0.1, 0.15) is 70.7 Å². The van der Waals surface area contributed by atoms with Gasteiger partial charge in [-0.15, -0.1) is 0 Å². The lowest BCUT2D eigenvalue weighted by Gasteiger charge is -2.39. The van der Waals surface area contributed by atoms with E-state index in [1.54, 1.807) is 0 Å². The first kappa shape index (κ1) is 29.3. The number of carbonyl (C=O) groups is 1. The number of nitrogens with zero attached hydrogens (tertiary/aromatic N) is 1. The zero-order valence-electron chi connectivity index (χ0n) is 24.5. The van der Waals surface area contributed by atoms with Gasteiger partial charge in [-0.1, -0.05) is 91.3 Å². The number of nitrogens with one attached hydrogen (secondary N) is 1. The zero-order valence-corrected chi connectivity index (χ0v) is 24.5. The molecule has 4 aromatic rings. The number of piperidine rings is 1. The van der Waals surface area contributed by atoms with Crippen molar-refractivity contribution < 1.29 is 19.4 Å². The summed E-state index contributed by atoms with van der Waals surface area (Å²) in [5, 5.41) is 12.5. The minimum absolute atomic E-state index is 0.0344. The quantitative estimate of drug-likeness (QED) is 0.229. The molecule has 2 aliphatic heterocycles. The van der Waals surface area contributed by atoms with Gasteiger partial charge < -0.3 is 24.8 Å². The minimum Gasteiger partial charge on any atom is -0.392 e. The molecule has 6 rings (SSSR count). The molecule has 0 aromatic heterocycles. The Bertz CT molecular complexity index is 1470. The molecule has 2 N–H and O–H groups in total. The Balaban J connectivity index is 1.15. The SMILES string of the molecule is O=C(NCc1cccc(-c2ccc([C@H]3O[C@@H](CN4CCCCC4)C[C@@H](c4ccc(CO)cc4)O3)cc2)c1)c1ccccc1. The molecular weight excluding hydrogens is 536 g/mol. The molecule has 6 nitrogen and oxygen atoms in total. The number of ether oxygens (including phenoxy) is 2. The molecular formula is C37H40N2O4. The first-order valence-corrected chi connectivity index (χ1v) is 15.4. The fourth-order valence-corrected chi connectivity index (χ4v) is 6.03. The largest absolute Gasteiger partial charge is 0.392 e. The maximum absolute atomic E-state index is 12.5. The lowest BCUT2D eigenvalue weighted by Crippen LogP contribution is -2.41. The van der Waals surface area contributed by atoms with E-state index < -0.39 is 6.29 Å². The van der Waals surface area contributed by atoms with Gasteiger partial charge in [-0.05, 0) is 71.9 Å². The molecule has 6 heteroatoms. The highest BCUT2D eigenvalue weighted by Crippen LogP contribution is 2.39. The summed E-state index contributed by atoms with van der Waals surface area (Å²) in [5.74, 6) is -0.0796. The summed E-state index contributed by atoms with van der Waals surface area (Å²) in [6.45, 7) is 3.67. The molecule has 3 atom stereocenters. The maximum atomic E-state index is 12.5. The Kier molecular flexibility index (Phi) is 9.60. The third-order valence-corrected chi connectivity index (χ3v) is 8.46. The fourth-order valence-electron chi connectivity index (χ4n) is 6.03. The number of aliphatic hydroxyl groups is 1. The molecule has 43 heavy (non-hydrogen) atoms. The molecule has 2 aliphatic rings. The van der Waals surface area contributed by atoms with Crippen LogP contribution in [0, 0.1) is 0 Å². The van der Waals surface area contributed by atoms with Gasteiger partial charge in [-0.25, -0.2) is 0 Å². The third kappa shape index (κ3) is 7.59. The molecule has 0 aliphatic carbocycles. The third-order valence-electron chi connectivity index (χ3n) is 8.46. The van der Waals surface area contributed by atoms with E-state index in [-0.39, 0.29) is 24.7 Å². The second-order valence-corrected chi connectivity index (χ2v) is 11.6. The summed E-state index contributed by atoms with van der Waals surface area (Å²) >= 11 is 0. The molecule has 0 radical (unpaired) electrons. The highest BCUT2D eigenvalue weighted by Gasteiger charge is 2.33. The standard InChI is InChI=1S/C37H40N2O4/c40-26-27-12-14-30(15-13-27)35-23-34(25-39-20-5-2-6-21-39)42-37(43-35)32-18-16-29(17-19-32)33-11-7-8-28(22-33)24-38-36(41)31-9-3-1-4-10-31/h1,3-4,7-19,22,34-35,37,40H,2,5-6,20-21,23-26H2,(H,38,41)/t34-,35+,37+/m1/s1. The van der Waals surface area contributed by atoms with Gasteiger partial charge >= 0.3 is 0 Å². The molecule has 0 unspecified atom stereocenters. The van der Waals surface area contributed by atoms with Crippen LogP contribution in [0.25, 0.3) is 11.1 Å². The van der Waals surface area contributed by atoms with Crippen LogP contribution in [-0.4, -0.2) is 41.7 Å². The summed E-state index contributed by atoms with van der Waals surface area (Å²) in [7, 11) is 0. The van der Waals surface area contributed by atoms with Crippen molar-refractivity contribution in [1.29, 1.82) is 0 Å². The summed E-state index contributed by atoms with van der Waals surface area (Å²) in [6, 6.07) is 34.0. The van der Waals surface area contributed by atoms with Crippen molar-refractivity contribution in [3.05, 3.63) is 131 Å². The summed E-state index contributed by atoms with van der Waals surface area (Å²) in [5.41, 5.74) is 6.89. The van der Waals surface area contributed by atoms with E-state index in [2.05, 4.69) is 58.7 Å². The van der Waals surface area contributed by atoms with Gasteiger partial charge in [0.2, 0.25) is 0 Å². The van der Waals surface area contributed by atoms with Gasteiger partial charge in [-0.2, -0.15) is 0 Å². The monoisotopic (exact) mass is 576 g/mol. The van der Waals surface area contributed by atoms with E-state index in [0.717, 1.165) is 59.4 Å². The molecule has 2 saturated heterocycles. The van der Waals surface area contributed by atoms with Crippen molar-refractivity contribution in [2.45, 2.75) is 57.3 Å². The first-order chi connectivity index (χ1) is 21.1. The smallest absolute Gasteiger partial charge is 0.251 e. The summed E-state index contributed by atoms with van der Waals surface area (Å²) < 4.78 is 13.1. The van der Waals surface area contributed by atoms with Crippen molar-refractivity contribution in [2.75, 3.05) is 19.6 Å². The van der Waals surface area contributed by atoms with Gasteiger partial charge in [0.15, 0.2) is 6.29 Å². The van der Waals surface area contributed by atoms with E-state index >= 15 is 0 Å². The second-order valence-electron chi connectivity index (χ2n) is 11.6. The average molecular weight is 577 g/mol. The van der Waals surface area contributed by atoms with Gasteiger partial charge in [0.05, 0.1) is 18.8 Å². The molecule has 0 spiro atoms. The Hall–Kier alpha value is -3.81. The van der Waals surface area contributed by atoms with Gasteiger partial charge in [0.1, 0.15) is 0 Å². The van der Waals surface area contributed by atoms with Gasteiger partial charge in [0.25, 0.3) is 5.91 Å². The first-order valence-electron chi connectivity index (χ1n) is 15.4. The number of hydrogen-bond donors (Lipinski definition) is 2. The number of likely N-dealkylation sites (tertiary alicyclic amines) is 1. The zero-order chi connectivity index (χ0) is 29.4. The topological polar surface area (TPSA) is 71.0 Å². The minimum atomic E-state index is -0.459. The Morgan fingerprint density at radius 3 is 2.26 bits per heavy atom. The molecule has 2 fully saturated rings. The number of amides is 1. The van der Waals surface area contributed by atoms with Crippen molar-refractivity contribution in [3.63, 3.8) is 0 Å². The van der Waals surface area contributed by atoms with E-state index in [9.17, 15) is 9.90 Å². The highest BCUT2D eigenvalue weighted by molar-refractivity contribution is 5.94. The van der Waals surface area contributed by atoms with Crippen LogP contribution in [0.5, 0.6) is 0 Å². The Morgan fingerprint density at radius 1 is 0.767 bits per heavy atom. The van der Waals surface area contributed by atoms with Crippen LogP contribution in [0.2, 0.25) is 0 Å². The van der Waals surface area contributed by atoms with Crippen LogP contribution in [0.4, 0.5) is 0 Å². The number of hydrogen-bond acceptors (Lipinski definition) is 5. The molecule has 4 aromatic carbocycles. The van der Waals surface area contributed by atoms with Crippen molar-refractivity contribution in [1.82, 2.24) is 10.2 Å². The van der Waals surface area contributed by atoms with E-state index in [1.807, 2.05) is 54.6 Å². The van der Waals surface area contributed by atoms with Crippen LogP contribution in [0.3, 0.4) is 0 Å². The lowest BCUT2D eigenvalue weighted by atomic mass is 9.98. The van der Waals surface area contributed by atoms with Crippen LogP contribution in [0.15, 0.2) is 103 Å². The van der Waals surface area contributed by atoms with Crippen LogP contribution < -0.4 is 5.32 Å². The number of aliphatic hydroxyl groups excluding tert-OH is 1. The number of carbonyl (C=O) groups excluding carboxylic acids is 1.